The predicted molar refractivity (Wildman–Crippen MR) is 128 cm³/mol. The molecule has 5 N–H and O–H groups in total. The summed E-state index contributed by atoms with van der Waals surface area (Å²) in [4.78, 5) is 43.7. The zero-order chi connectivity index (χ0) is 26.6. The van der Waals surface area contributed by atoms with Crippen LogP contribution in [0.2, 0.25) is 0 Å². The molecule has 0 heterocycles. The SMILES string of the molecule is CC.CC(C)(C)OC(=O)NCC=O.CCOC(=O)C1CCC2C(C(=O)OCC)C12.CN.CN. The van der Waals surface area contributed by atoms with Gasteiger partial charge in [-0.1, -0.05) is 13.8 Å². The molecule has 0 aliphatic heterocycles. The topological polar surface area (TPSA) is 160 Å². The highest BCUT2D eigenvalue weighted by atomic mass is 16.6. The molecule has 2 saturated carbocycles. The maximum atomic E-state index is 11.6. The average Bonchev–Trinajstić information content (AvgIpc) is 3.34. The molecule has 33 heavy (non-hydrogen) atoms. The van der Waals surface area contributed by atoms with E-state index in [9.17, 15) is 19.2 Å². The number of ether oxygens (including phenoxy) is 3. The third-order valence-electron chi connectivity index (χ3n) is 4.38. The summed E-state index contributed by atoms with van der Waals surface area (Å²) in [5.41, 5.74) is 8.49. The molecule has 0 spiro atoms. The quantitative estimate of drug-likeness (QED) is 0.296. The van der Waals surface area contributed by atoms with Crippen LogP contribution in [0.25, 0.3) is 0 Å². The number of nitrogens with two attached hydrogens (primary N) is 2. The van der Waals surface area contributed by atoms with Gasteiger partial charge in [0.1, 0.15) is 11.9 Å². The van der Waals surface area contributed by atoms with Gasteiger partial charge in [-0.25, -0.2) is 4.79 Å². The fourth-order valence-corrected chi connectivity index (χ4v) is 3.42. The Morgan fingerprint density at radius 1 is 0.939 bits per heavy atom. The molecular weight excluding hydrogens is 430 g/mol. The van der Waals surface area contributed by atoms with Crippen molar-refractivity contribution in [3.8, 4) is 0 Å². The van der Waals surface area contributed by atoms with Gasteiger partial charge in [0.15, 0.2) is 0 Å². The van der Waals surface area contributed by atoms with Crippen molar-refractivity contribution in [2.24, 2.45) is 35.1 Å². The van der Waals surface area contributed by atoms with Gasteiger partial charge in [-0.05, 0) is 73.4 Å². The normalized spacial score (nSPS) is 21.2. The Labute approximate surface area is 199 Å². The first-order valence-corrected chi connectivity index (χ1v) is 11.5. The molecule has 0 aromatic heterocycles. The highest BCUT2D eigenvalue weighted by molar-refractivity contribution is 5.81. The summed E-state index contributed by atoms with van der Waals surface area (Å²) in [5, 5.41) is 2.26. The van der Waals surface area contributed by atoms with E-state index in [1.807, 2.05) is 13.8 Å². The minimum Gasteiger partial charge on any atom is -0.466 e. The van der Waals surface area contributed by atoms with Crippen molar-refractivity contribution in [2.45, 2.75) is 66.9 Å². The molecule has 2 aliphatic rings. The molecule has 4 unspecified atom stereocenters. The van der Waals surface area contributed by atoms with Crippen molar-refractivity contribution in [1.29, 1.82) is 0 Å². The standard InChI is InChI=1S/C12H18O4.C7H13NO3.C2H6.2CH5N/c1-3-15-11(13)8-6-5-7-9(8)10(7)12(14)16-4-2;1-7(2,3)11-6(10)8-4-5-9;3*1-2/h7-10H,3-6H2,1-2H3;5H,4H2,1-3H3,(H,8,10);1-2H3;2*2H2,1H3. The number of nitrogens with one attached hydrogen (secondary N) is 1. The molecule has 0 aromatic rings. The molecule has 2 rings (SSSR count). The second-order valence-corrected chi connectivity index (χ2v) is 7.50. The Kier molecular flexibility index (Phi) is 21.9. The molecule has 1 amide bonds. The van der Waals surface area contributed by atoms with Crippen LogP contribution in [-0.2, 0) is 28.6 Å². The molecule has 0 radical (unpaired) electrons. The van der Waals surface area contributed by atoms with Crippen LogP contribution in [0.15, 0.2) is 0 Å². The van der Waals surface area contributed by atoms with Crippen LogP contribution < -0.4 is 16.8 Å². The number of alkyl carbamates (subject to hydrolysis) is 1. The van der Waals surface area contributed by atoms with Crippen LogP contribution in [0.3, 0.4) is 0 Å². The van der Waals surface area contributed by atoms with E-state index < -0.39 is 11.7 Å². The minimum absolute atomic E-state index is 0.00505. The van der Waals surface area contributed by atoms with Crippen LogP contribution in [0.4, 0.5) is 4.79 Å². The van der Waals surface area contributed by atoms with Crippen LogP contribution in [0, 0.1) is 23.7 Å². The summed E-state index contributed by atoms with van der Waals surface area (Å²) in [6, 6.07) is 0. The molecule has 4 atom stereocenters. The lowest BCUT2D eigenvalue weighted by Gasteiger charge is -2.18. The van der Waals surface area contributed by atoms with E-state index in [1.54, 1.807) is 34.6 Å². The van der Waals surface area contributed by atoms with Crippen LogP contribution in [0.1, 0.15) is 61.3 Å². The first kappa shape index (κ1) is 35.4. The van der Waals surface area contributed by atoms with Crippen molar-refractivity contribution in [3.05, 3.63) is 0 Å². The molecule has 0 bridgehead atoms. The number of hydrogen-bond donors (Lipinski definition) is 3. The number of aldehydes is 1. The van der Waals surface area contributed by atoms with Gasteiger partial charge in [-0.15, -0.1) is 0 Å². The number of fused-ring (bicyclic) bond motifs is 1. The largest absolute Gasteiger partial charge is 0.466 e. The lowest BCUT2D eigenvalue weighted by molar-refractivity contribution is -0.150. The summed E-state index contributed by atoms with van der Waals surface area (Å²) >= 11 is 0. The fourth-order valence-electron chi connectivity index (χ4n) is 3.42. The van der Waals surface area contributed by atoms with E-state index >= 15 is 0 Å². The number of carbonyl (C=O) groups excluding carboxylic acids is 4. The molecule has 0 aromatic carbocycles. The van der Waals surface area contributed by atoms with E-state index in [0.29, 0.717) is 25.4 Å². The van der Waals surface area contributed by atoms with Crippen molar-refractivity contribution in [1.82, 2.24) is 5.32 Å². The first-order valence-electron chi connectivity index (χ1n) is 11.5. The van der Waals surface area contributed by atoms with E-state index in [2.05, 4.69) is 16.8 Å². The van der Waals surface area contributed by atoms with Crippen LogP contribution >= 0.6 is 0 Å². The van der Waals surface area contributed by atoms with E-state index in [0.717, 1.165) is 12.8 Å². The van der Waals surface area contributed by atoms with Gasteiger partial charge in [0.25, 0.3) is 0 Å². The van der Waals surface area contributed by atoms with E-state index in [4.69, 9.17) is 14.2 Å². The summed E-state index contributed by atoms with van der Waals surface area (Å²) in [6.45, 7) is 13.7. The zero-order valence-electron chi connectivity index (χ0n) is 21.9. The Hall–Kier alpha value is -2.20. The summed E-state index contributed by atoms with van der Waals surface area (Å²) < 4.78 is 14.8. The Bertz CT molecular complexity index is 551. The van der Waals surface area contributed by atoms with Gasteiger partial charge < -0.3 is 35.8 Å². The van der Waals surface area contributed by atoms with Crippen molar-refractivity contribution in [2.75, 3.05) is 33.9 Å². The van der Waals surface area contributed by atoms with Gasteiger partial charge in [0.2, 0.25) is 0 Å². The molecule has 196 valence electrons. The number of amides is 1. The average molecular weight is 478 g/mol. The third-order valence-corrected chi connectivity index (χ3v) is 4.38. The summed E-state index contributed by atoms with van der Waals surface area (Å²) in [7, 11) is 3.00. The molecule has 2 aliphatic carbocycles. The lowest BCUT2D eigenvalue weighted by Crippen LogP contribution is -2.33. The number of hydrogen-bond acceptors (Lipinski definition) is 9. The Morgan fingerprint density at radius 2 is 1.42 bits per heavy atom. The van der Waals surface area contributed by atoms with Gasteiger partial charge in [0.05, 0.1) is 31.6 Å². The van der Waals surface area contributed by atoms with E-state index in [-0.39, 0.29) is 36.2 Å². The van der Waals surface area contributed by atoms with Crippen LogP contribution in [0.5, 0.6) is 0 Å². The van der Waals surface area contributed by atoms with Crippen LogP contribution in [-0.4, -0.2) is 63.8 Å². The Balaban J connectivity index is -0.000000465. The maximum absolute atomic E-state index is 11.6. The highest BCUT2D eigenvalue weighted by Crippen LogP contribution is 2.61. The second-order valence-electron chi connectivity index (χ2n) is 7.50. The molecular formula is C23H47N3O7. The van der Waals surface area contributed by atoms with Gasteiger partial charge >= 0.3 is 18.0 Å². The number of esters is 2. The highest BCUT2D eigenvalue weighted by Gasteiger charge is 2.64. The molecule has 10 heteroatoms. The fraction of sp³-hybridized carbons (Fsp3) is 0.826. The lowest BCUT2D eigenvalue weighted by atomic mass is 10.0. The monoisotopic (exact) mass is 477 g/mol. The summed E-state index contributed by atoms with van der Waals surface area (Å²) in [6.07, 6.45) is 1.86. The third kappa shape index (κ3) is 14.5. The minimum atomic E-state index is -0.565. The second kappa shape index (κ2) is 20.4. The van der Waals surface area contributed by atoms with E-state index in [1.165, 1.54) is 14.1 Å². The number of rotatable bonds is 6. The zero-order valence-corrected chi connectivity index (χ0v) is 21.9. The number of carbonyl (C=O) groups is 4. The van der Waals surface area contributed by atoms with Gasteiger partial charge in [0, 0.05) is 0 Å². The Morgan fingerprint density at radius 3 is 1.85 bits per heavy atom. The molecule has 10 nitrogen and oxygen atoms in total. The van der Waals surface area contributed by atoms with Crippen molar-refractivity contribution in [3.63, 3.8) is 0 Å². The van der Waals surface area contributed by atoms with Gasteiger partial charge in [-0.3, -0.25) is 9.59 Å². The first-order chi connectivity index (χ1) is 15.7. The maximum Gasteiger partial charge on any atom is 0.408 e. The van der Waals surface area contributed by atoms with Crippen molar-refractivity contribution < 1.29 is 33.4 Å². The molecule has 0 saturated heterocycles. The molecule has 2 fully saturated rings. The smallest absolute Gasteiger partial charge is 0.408 e. The van der Waals surface area contributed by atoms with Crippen molar-refractivity contribution >= 4 is 24.3 Å². The summed E-state index contributed by atoms with van der Waals surface area (Å²) in [5.74, 6) is 0.183. The van der Waals surface area contributed by atoms with Gasteiger partial charge in [-0.2, -0.15) is 0 Å². The predicted octanol–water partition coefficient (Wildman–Crippen LogP) is 2.27.